The Morgan fingerprint density at radius 2 is 1.95 bits per heavy atom. The fourth-order valence-corrected chi connectivity index (χ4v) is 2.60. The maximum Gasteiger partial charge on any atom is 0.240 e. The number of nitriles is 1. The van der Waals surface area contributed by atoms with Crippen molar-refractivity contribution in [3.05, 3.63) is 34.6 Å². The van der Waals surface area contributed by atoms with Crippen molar-refractivity contribution in [2.45, 2.75) is 33.2 Å². The molecule has 5 heteroatoms. The Bertz CT molecular complexity index is 563. The van der Waals surface area contributed by atoms with E-state index in [1.807, 2.05) is 0 Å². The maximum atomic E-state index is 13.6. The average molecular weight is 290 g/mol. The van der Waals surface area contributed by atoms with Gasteiger partial charge in [0.05, 0.1) is 6.07 Å². The first-order valence-corrected chi connectivity index (χ1v) is 7.01. The Hall–Kier alpha value is -1.93. The summed E-state index contributed by atoms with van der Waals surface area (Å²) in [4.78, 5) is 12.3. The van der Waals surface area contributed by atoms with Crippen LogP contribution in [0.3, 0.4) is 0 Å². The van der Waals surface area contributed by atoms with Crippen molar-refractivity contribution in [2.24, 2.45) is 5.41 Å². The van der Waals surface area contributed by atoms with Crippen molar-refractivity contribution >= 4 is 5.91 Å². The largest absolute Gasteiger partial charge is 0.381 e. The molecule has 1 aliphatic rings. The van der Waals surface area contributed by atoms with Gasteiger partial charge in [-0.1, -0.05) is 12.1 Å². The Kier molecular flexibility index (Phi) is 4.59. The molecule has 1 saturated heterocycles. The predicted molar refractivity (Wildman–Crippen MR) is 75.8 cm³/mol. The second-order valence-corrected chi connectivity index (χ2v) is 5.53. The number of hydrogen-bond acceptors (Lipinski definition) is 3. The molecule has 21 heavy (non-hydrogen) atoms. The topological polar surface area (TPSA) is 62.1 Å². The SMILES string of the molecule is Cc1cc(CNC(=O)C2(C#N)CCOCC2)cc(C)c1F. The van der Waals surface area contributed by atoms with E-state index in [1.54, 1.807) is 26.0 Å². The highest BCUT2D eigenvalue weighted by molar-refractivity contribution is 5.85. The molecule has 0 radical (unpaired) electrons. The van der Waals surface area contributed by atoms with Gasteiger partial charge in [-0.25, -0.2) is 4.39 Å². The van der Waals surface area contributed by atoms with Crippen molar-refractivity contribution in [1.82, 2.24) is 5.32 Å². The van der Waals surface area contributed by atoms with Gasteiger partial charge in [-0.15, -0.1) is 0 Å². The fourth-order valence-electron chi connectivity index (χ4n) is 2.60. The summed E-state index contributed by atoms with van der Waals surface area (Å²) in [6, 6.07) is 5.56. The Labute approximate surface area is 123 Å². The van der Waals surface area contributed by atoms with Gasteiger partial charge in [-0.3, -0.25) is 4.79 Å². The molecular formula is C16H19FN2O2. The van der Waals surface area contributed by atoms with E-state index in [-0.39, 0.29) is 11.7 Å². The number of benzene rings is 1. The third-order valence-corrected chi connectivity index (χ3v) is 3.94. The number of hydrogen-bond donors (Lipinski definition) is 1. The first kappa shape index (κ1) is 15.5. The van der Waals surface area contributed by atoms with E-state index >= 15 is 0 Å². The highest BCUT2D eigenvalue weighted by Crippen LogP contribution is 2.30. The molecule has 112 valence electrons. The van der Waals surface area contributed by atoms with Gasteiger partial charge in [-0.2, -0.15) is 5.26 Å². The molecule has 0 atom stereocenters. The van der Waals surface area contributed by atoms with Crippen LogP contribution in [-0.4, -0.2) is 19.1 Å². The monoisotopic (exact) mass is 290 g/mol. The van der Waals surface area contributed by atoms with Crippen LogP contribution < -0.4 is 5.32 Å². The lowest BCUT2D eigenvalue weighted by molar-refractivity contribution is -0.132. The van der Waals surface area contributed by atoms with Gasteiger partial charge in [-0.05, 0) is 43.4 Å². The van der Waals surface area contributed by atoms with Gasteiger partial charge in [0.25, 0.3) is 0 Å². The summed E-state index contributed by atoms with van der Waals surface area (Å²) >= 11 is 0. The van der Waals surface area contributed by atoms with Crippen molar-refractivity contribution in [1.29, 1.82) is 5.26 Å². The first-order valence-electron chi connectivity index (χ1n) is 7.01. The number of amides is 1. The molecular weight excluding hydrogens is 271 g/mol. The number of halogens is 1. The quantitative estimate of drug-likeness (QED) is 0.929. The molecule has 0 saturated carbocycles. The minimum atomic E-state index is -0.998. The lowest BCUT2D eigenvalue weighted by atomic mass is 9.81. The van der Waals surface area contributed by atoms with E-state index < -0.39 is 5.41 Å². The van der Waals surface area contributed by atoms with Gasteiger partial charge in [0.1, 0.15) is 11.2 Å². The van der Waals surface area contributed by atoms with Crippen LogP contribution in [0.4, 0.5) is 4.39 Å². The molecule has 1 fully saturated rings. The van der Waals surface area contributed by atoms with E-state index in [9.17, 15) is 14.4 Å². The summed E-state index contributed by atoms with van der Waals surface area (Å²) in [5.74, 6) is -0.490. The smallest absolute Gasteiger partial charge is 0.240 e. The lowest BCUT2D eigenvalue weighted by Gasteiger charge is -2.29. The standard InChI is InChI=1S/C16H19FN2O2/c1-11-7-13(8-12(2)14(11)17)9-19-15(20)16(10-18)3-5-21-6-4-16/h7-8H,3-6,9H2,1-2H3,(H,19,20). The second-order valence-electron chi connectivity index (χ2n) is 5.53. The van der Waals surface area contributed by atoms with Crippen molar-refractivity contribution in [2.75, 3.05) is 13.2 Å². The summed E-state index contributed by atoms with van der Waals surface area (Å²) in [6.07, 6.45) is 0.827. The number of rotatable bonds is 3. The molecule has 4 nitrogen and oxygen atoms in total. The van der Waals surface area contributed by atoms with Crippen molar-refractivity contribution < 1.29 is 13.9 Å². The van der Waals surface area contributed by atoms with E-state index in [1.165, 1.54) is 0 Å². The zero-order valence-corrected chi connectivity index (χ0v) is 12.3. The van der Waals surface area contributed by atoms with E-state index in [2.05, 4.69) is 11.4 Å². The van der Waals surface area contributed by atoms with Gasteiger partial charge >= 0.3 is 0 Å². The molecule has 1 aromatic carbocycles. The summed E-state index contributed by atoms with van der Waals surface area (Å²) in [5.41, 5.74) is 0.947. The van der Waals surface area contributed by atoms with Crippen LogP contribution in [0.15, 0.2) is 12.1 Å². The van der Waals surface area contributed by atoms with Crippen LogP contribution in [0.5, 0.6) is 0 Å². The van der Waals surface area contributed by atoms with E-state index in [4.69, 9.17) is 4.74 Å². The molecule has 1 aromatic rings. The molecule has 0 aliphatic carbocycles. The molecule has 1 heterocycles. The van der Waals surface area contributed by atoms with Gasteiger partial charge in [0.15, 0.2) is 0 Å². The average Bonchev–Trinajstić information content (AvgIpc) is 2.50. The molecule has 0 aromatic heterocycles. The molecule has 1 aliphatic heterocycles. The fraction of sp³-hybridized carbons (Fsp3) is 0.500. The zero-order chi connectivity index (χ0) is 15.5. The molecule has 0 spiro atoms. The summed E-state index contributed by atoms with van der Waals surface area (Å²) in [6.45, 7) is 4.54. The number of carbonyl (C=O) groups is 1. The van der Waals surface area contributed by atoms with Crippen molar-refractivity contribution in [3.8, 4) is 6.07 Å². The van der Waals surface area contributed by atoms with Gasteiger partial charge in [0, 0.05) is 19.8 Å². The van der Waals surface area contributed by atoms with Gasteiger partial charge < -0.3 is 10.1 Å². The number of ether oxygens (including phenoxy) is 1. The Balaban J connectivity index is 2.06. The normalized spacial score (nSPS) is 17.0. The van der Waals surface area contributed by atoms with E-state index in [0.29, 0.717) is 43.7 Å². The van der Waals surface area contributed by atoms with Crippen LogP contribution in [0.25, 0.3) is 0 Å². The van der Waals surface area contributed by atoms with Crippen LogP contribution in [0.1, 0.15) is 29.5 Å². The highest BCUT2D eigenvalue weighted by Gasteiger charge is 2.40. The zero-order valence-electron chi connectivity index (χ0n) is 12.3. The van der Waals surface area contributed by atoms with Crippen LogP contribution in [0.2, 0.25) is 0 Å². The second kappa shape index (κ2) is 6.23. The van der Waals surface area contributed by atoms with Gasteiger partial charge in [0.2, 0.25) is 5.91 Å². The van der Waals surface area contributed by atoms with E-state index in [0.717, 1.165) is 5.56 Å². The predicted octanol–water partition coefficient (Wildman–Crippen LogP) is 2.38. The maximum absolute atomic E-state index is 13.6. The minimum Gasteiger partial charge on any atom is -0.381 e. The molecule has 0 bridgehead atoms. The Morgan fingerprint density at radius 1 is 1.38 bits per heavy atom. The molecule has 1 N–H and O–H groups in total. The number of nitrogens with one attached hydrogen (secondary N) is 1. The first-order chi connectivity index (χ1) is 9.98. The third kappa shape index (κ3) is 3.22. The van der Waals surface area contributed by atoms with Crippen LogP contribution in [0, 0.1) is 36.4 Å². The molecule has 2 rings (SSSR count). The molecule has 0 unspecified atom stereocenters. The number of nitrogens with zero attached hydrogens (tertiary/aromatic N) is 1. The summed E-state index contributed by atoms with van der Waals surface area (Å²) < 4.78 is 18.8. The molecule has 1 amide bonds. The lowest BCUT2D eigenvalue weighted by Crippen LogP contribution is -2.43. The summed E-state index contributed by atoms with van der Waals surface area (Å²) in [5, 5.41) is 12.1. The number of aryl methyl sites for hydroxylation is 2. The summed E-state index contributed by atoms with van der Waals surface area (Å²) in [7, 11) is 0. The number of carbonyl (C=O) groups excluding carboxylic acids is 1. The third-order valence-electron chi connectivity index (χ3n) is 3.94. The van der Waals surface area contributed by atoms with Crippen LogP contribution in [-0.2, 0) is 16.1 Å². The minimum absolute atomic E-state index is 0.219. The Morgan fingerprint density at radius 3 is 2.48 bits per heavy atom. The van der Waals surface area contributed by atoms with Crippen LogP contribution >= 0.6 is 0 Å². The van der Waals surface area contributed by atoms with Crippen molar-refractivity contribution in [3.63, 3.8) is 0 Å². The highest BCUT2D eigenvalue weighted by atomic mass is 19.1.